The SMILES string of the molecule is CC(=NC(=N)/C=C1/COCCN1)c1c(O)[nH]c2cnc(-c3cnccc3C)cc12. The Morgan fingerprint density at radius 1 is 1.38 bits per heavy atom. The molecule has 0 radical (unpaired) electrons. The van der Waals surface area contributed by atoms with E-state index in [9.17, 15) is 5.11 Å². The van der Waals surface area contributed by atoms with Crippen LogP contribution in [0.15, 0.2) is 47.5 Å². The van der Waals surface area contributed by atoms with E-state index in [0.717, 1.165) is 27.9 Å². The molecule has 0 unspecified atom stereocenters. The standard InChI is InChI=1S/C21H22N6O2/c1-12-3-4-23-9-16(12)17-8-15-18(10-25-17)27-21(28)20(15)13(2)26-19(22)7-14-11-29-6-5-24-14/h3-4,7-10,22,24,27-28H,5-6,11H2,1-2H3/b14-7-,22-19?,26-13?. The summed E-state index contributed by atoms with van der Waals surface area (Å²) >= 11 is 0. The molecule has 0 bridgehead atoms. The first kappa shape index (κ1) is 18.8. The molecule has 8 heteroatoms. The Kier molecular flexibility index (Phi) is 5.09. The van der Waals surface area contributed by atoms with E-state index in [2.05, 4.69) is 25.3 Å². The molecule has 148 valence electrons. The van der Waals surface area contributed by atoms with Crippen molar-refractivity contribution in [2.75, 3.05) is 19.8 Å². The van der Waals surface area contributed by atoms with E-state index in [0.29, 0.717) is 36.6 Å². The van der Waals surface area contributed by atoms with Gasteiger partial charge in [-0.15, -0.1) is 0 Å². The zero-order valence-corrected chi connectivity index (χ0v) is 16.3. The molecule has 4 N–H and O–H groups in total. The molecular weight excluding hydrogens is 368 g/mol. The van der Waals surface area contributed by atoms with Gasteiger partial charge in [0.25, 0.3) is 0 Å². The Morgan fingerprint density at radius 2 is 2.24 bits per heavy atom. The molecule has 3 aromatic heterocycles. The molecule has 0 atom stereocenters. The average molecular weight is 390 g/mol. The highest BCUT2D eigenvalue weighted by atomic mass is 16.5. The van der Waals surface area contributed by atoms with Gasteiger partial charge < -0.3 is 20.1 Å². The van der Waals surface area contributed by atoms with Crippen molar-refractivity contribution >= 4 is 22.5 Å². The number of aromatic amines is 1. The van der Waals surface area contributed by atoms with Crippen LogP contribution in [-0.2, 0) is 4.74 Å². The number of ether oxygens (including phenoxy) is 1. The smallest absolute Gasteiger partial charge is 0.198 e. The normalized spacial score (nSPS) is 16.2. The van der Waals surface area contributed by atoms with E-state index in [1.54, 1.807) is 31.6 Å². The van der Waals surface area contributed by atoms with Crippen molar-refractivity contribution in [2.24, 2.45) is 4.99 Å². The van der Waals surface area contributed by atoms with Crippen LogP contribution in [0.1, 0.15) is 18.1 Å². The van der Waals surface area contributed by atoms with Crippen LogP contribution >= 0.6 is 0 Å². The second-order valence-corrected chi connectivity index (χ2v) is 6.89. The lowest BCUT2D eigenvalue weighted by molar-refractivity contribution is 0.132. The minimum atomic E-state index is 0.00249. The Morgan fingerprint density at radius 3 is 3.00 bits per heavy atom. The third kappa shape index (κ3) is 3.88. The van der Waals surface area contributed by atoms with E-state index < -0.39 is 0 Å². The summed E-state index contributed by atoms with van der Waals surface area (Å²) in [5.41, 5.74) is 5.36. The van der Waals surface area contributed by atoms with Crippen molar-refractivity contribution in [1.29, 1.82) is 5.41 Å². The van der Waals surface area contributed by atoms with Gasteiger partial charge in [-0.3, -0.25) is 15.4 Å². The molecular formula is C21H22N6O2. The molecule has 0 saturated carbocycles. The van der Waals surface area contributed by atoms with Gasteiger partial charge in [0.1, 0.15) is 5.84 Å². The maximum Gasteiger partial charge on any atom is 0.198 e. The quantitative estimate of drug-likeness (QED) is 0.405. The van der Waals surface area contributed by atoms with Gasteiger partial charge in [0.2, 0.25) is 0 Å². The van der Waals surface area contributed by atoms with Gasteiger partial charge >= 0.3 is 0 Å². The number of hydrogen-bond acceptors (Lipinski definition) is 6. The van der Waals surface area contributed by atoms with Crippen molar-refractivity contribution in [3.63, 3.8) is 0 Å². The van der Waals surface area contributed by atoms with E-state index in [1.807, 2.05) is 19.1 Å². The predicted octanol–water partition coefficient (Wildman–Crippen LogP) is 2.93. The Hall–Kier alpha value is -3.52. The molecule has 29 heavy (non-hydrogen) atoms. The first-order valence-corrected chi connectivity index (χ1v) is 9.31. The number of hydrogen-bond donors (Lipinski definition) is 4. The van der Waals surface area contributed by atoms with E-state index in [-0.39, 0.29) is 11.7 Å². The number of aryl methyl sites for hydroxylation is 1. The maximum atomic E-state index is 10.5. The number of aromatic hydroxyl groups is 1. The van der Waals surface area contributed by atoms with Gasteiger partial charge in [0.05, 0.1) is 41.9 Å². The second-order valence-electron chi connectivity index (χ2n) is 6.89. The maximum absolute atomic E-state index is 10.5. The molecule has 1 saturated heterocycles. The molecule has 1 aliphatic rings. The lowest BCUT2D eigenvalue weighted by Crippen LogP contribution is -2.29. The number of rotatable bonds is 3. The van der Waals surface area contributed by atoms with Crippen molar-refractivity contribution in [1.82, 2.24) is 20.3 Å². The van der Waals surface area contributed by atoms with Crippen LogP contribution in [0, 0.1) is 12.3 Å². The first-order chi connectivity index (χ1) is 14.0. The number of pyridine rings is 2. The summed E-state index contributed by atoms with van der Waals surface area (Å²) in [5.74, 6) is 0.0873. The summed E-state index contributed by atoms with van der Waals surface area (Å²) in [6, 6.07) is 3.84. The molecule has 4 heterocycles. The van der Waals surface area contributed by atoms with Gasteiger partial charge in [0, 0.05) is 41.7 Å². The number of aromatic nitrogens is 3. The molecule has 0 aromatic carbocycles. The third-order valence-electron chi connectivity index (χ3n) is 4.80. The summed E-state index contributed by atoms with van der Waals surface area (Å²) in [7, 11) is 0. The molecule has 0 spiro atoms. The van der Waals surface area contributed by atoms with Gasteiger partial charge in [-0.05, 0) is 31.5 Å². The Labute approximate surface area is 167 Å². The van der Waals surface area contributed by atoms with Crippen LogP contribution < -0.4 is 5.32 Å². The summed E-state index contributed by atoms with van der Waals surface area (Å²) < 4.78 is 5.37. The van der Waals surface area contributed by atoms with E-state index in [1.165, 1.54) is 0 Å². The fourth-order valence-corrected chi connectivity index (χ4v) is 3.37. The minimum absolute atomic E-state index is 0.00249. The highest BCUT2D eigenvalue weighted by Gasteiger charge is 2.16. The van der Waals surface area contributed by atoms with Crippen molar-refractivity contribution in [3.8, 4) is 17.1 Å². The lowest BCUT2D eigenvalue weighted by Gasteiger charge is -2.16. The number of nitrogens with one attached hydrogen (secondary N) is 3. The predicted molar refractivity (Wildman–Crippen MR) is 113 cm³/mol. The van der Waals surface area contributed by atoms with Crippen LogP contribution in [0.4, 0.5) is 0 Å². The molecule has 0 aliphatic carbocycles. The van der Waals surface area contributed by atoms with Crippen molar-refractivity contribution in [3.05, 3.63) is 53.6 Å². The summed E-state index contributed by atoms with van der Waals surface area (Å²) in [5, 5.41) is 22.6. The number of H-pyrrole nitrogens is 1. The topological polar surface area (TPSA) is 119 Å². The monoisotopic (exact) mass is 390 g/mol. The number of amidine groups is 1. The summed E-state index contributed by atoms with van der Waals surface area (Å²) in [6.07, 6.45) is 6.84. The van der Waals surface area contributed by atoms with Crippen LogP contribution in [0.3, 0.4) is 0 Å². The van der Waals surface area contributed by atoms with Gasteiger partial charge in [-0.2, -0.15) is 0 Å². The van der Waals surface area contributed by atoms with Gasteiger partial charge in [-0.25, -0.2) is 4.99 Å². The average Bonchev–Trinajstić information content (AvgIpc) is 3.04. The van der Waals surface area contributed by atoms with E-state index in [4.69, 9.17) is 10.1 Å². The van der Waals surface area contributed by atoms with Gasteiger partial charge in [0.15, 0.2) is 5.88 Å². The third-order valence-corrected chi connectivity index (χ3v) is 4.80. The number of aliphatic imine (C=N–C) groups is 1. The molecule has 1 fully saturated rings. The zero-order chi connectivity index (χ0) is 20.4. The molecule has 1 aliphatic heterocycles. The first-order valence-electron chi connectivity index (χ1n) is 9.31. The molecule has 4 rings (SSSR count). The molecule has 3 aromatic rings. The van der Waals surface area contributed by atoms with E-state index >= 15 is 0 Å². The summed E-state index contributed by atoms with van der Waals surface area (Å²) in [6.45, 7) is 5.59. The lowest BCUT2D eigenvalue weighted by atomic mass is 10.0. The largest absolute Gasteiger partial charge is 0.494 e. The van der Waals surface area contributed by atoms with Crippen LogP contribution in [0.25, 0.3) is 22.2 Å². The second kappa shape index (κ2) is 7.84. The number of nitrogens with zero attached hydrogens (tertiary/aromatic N) is 3. The summed E-state index contributed by atoms with van der Waals surface area (Å²) in [4.78, 5) is 16.0. The molecule has 0 amide bonds. The highest BCUT2D eigenvalue weighted by molar-refractivity contribution is 6.16. The zero-order valence-electron chi connectivity index (χ0n) is 16.3. The van der Waals surface area contributed by atoms with Gasteiger partial charge in [-0.1, -0.05) is 0 Å². The Bertz CT molecular complexity index is 1140. The highest BCUT2D eigenvalue weighted by Crippen LogP contribution is 2.31. The number of morpholine rings is 1. The van der Waals surface area contributed by atoms with Crippen LogP contribution in [0.2, 0.25) is 0 Å². The van der Waals surface area contributed by atoms with Crippen molar-refractivity contribution in [2.45, 2.75) is 13.8 Å². The fourth-order valence-electron chi connectivity index (χ4n) is 3.37. The van der Waals surface area contributed by atoms with Crippen LogP contribution in [-0.4, -0.2) is 51.4 Å². The minimum Gasteiger partial charge on any atom is -0.494 e. The Balaban J connectivity index is 1.72. The van der Waals surface area contributed by atoms with Crippen molar-refractivity contribution < 1.29 is 9.84 Å². The van der Waals surface area contributed by atoms with Crippen LogP contribution in [0.5, 0.6) is 5.88 Å². The number of fused-ring (bicyclic) bond motifs is 1. The molecule has 8 nitrogen and oxygen atoms in total. The fraction of sp³-hybridized carbons (Fsp3) is 0.238.